The van der Waals surface area contributed by atoms with Crippen LogP contribution in [-0.2, 0) is 38.4 Å². The number of nitro groups is 1. The molecule has 0 radical (unpaired) electrons. The summed E-state index contributed by atoms with van der Waals surface area (Å²) in [5.41, 5.74) is -0.109. The maximum atomic E-state index is 14.3. The quantitative estimate of drug-likeness (QED) is 0.184. The molecular formula is C31H34FN3O8. The molecule has 0 saturated heterocycles. The molecule has 0 aromatic heterocycles. The third kappa shape index (κ3) is 9.52. The SMILES string of the molecule is COC(=O)[C@H](Cc1ccc([N+](=O)[O-])c(F)c1)NC(=O)[C@H](Cc1ccc(O)cc1)N(Cc1ccccc1)C(=O)OC(C)(C)C. The minimum Gasteiger partial charge on any atom is -0.508 e. The number of halogens is 1. The fraction of sp³-hybridized carbons (Fsp3) is 0.323. The molecule has 0 aliphatic heterocycles. The number of carbonyl (C=O) groups is 3. The number of phenols is 1. The van der Waals surface area contributed by atoms with Crippen LogP contribution < -0.4 is 5.32 Å². The largest absolute Gasteiger partial charge is 0.508 e. The van der Waals surface area contributed by atoms with E-state index in [2.05, 4.69) is 5.32 Å². The number of nitro benzene ring substituents is 1. The van der Waals surface area contributed by atoms with Gasteiger partial charge in [0.2, 0.25) is 11.7 Å². The first kappa shape index (κ1) is 32.5. The third-order valence-electron chi connectivity index (χ3n) is 6.32. The summed E-state index contributed by atoms with van der Waals surface area (Å²) in [6.07, 6.45) is -1.04. The molecule has 3 aromatic rings. The van der Waals surface area contributed by atoms with E-state index in [0.717, 1.165) is 19.2 Å². The van der Waals surface area contributed by atoms with Gasteiger partial charge in [0, 0.05) is 25.5 Å². The Kier molecular flexibility index (Phi) is 10.8. The van der Waals surface area contributed by atoms with Crippen LogP contribution >= 0.6 is 0 Å². The van der Waals surface area contributed by atoms with E-state index in [1.807, 2.05) is 6.07 Å². The van der Waals surface area contributed by atoms with Gasteiger partial charge < -0.3 is 19.9 Å². The van der Waals surface area contributed by atoms with E-state index in [4.69, 9.17) is 9.47 Å². The first-order chi connectivity index (χ1) is 20.3. The third-order valence-corrected chi connectivity index (χ3v) is 6.32. The highest BCUT2D eigenvalue weighted by Gasteiger charge is 2.35. The zero-order valence-electron chi connectivity index (χ0n) is 24.3. The van der Waals surface area contributed by atoms with Crippen molar-refractivity contribution in [1.82, 2.24) is 10.2 Å². The maximum absolute atomic E-state index is 14.3. The molecule has 0 bridgehead atoms. The molecule has 2 N–H and O–H groups in total. The van der Waals surface area contributed by atoms with Crippen LogP contribution in [0.15, 0.2) is 72.8 Å². The summed E-state index contributed by atoms with van der Waals surface area (Å²) in [5, 5.41) is 23.4. The van der Waals surface area contributed by atoms with Gasteiger partial charge in [-0.3, -0.25) is 19.8 Å². The number of carbonyl (C=O) groups excluding carboxylic acids is 3. The van der Waals surface area contributed by atoms with Crippen LogP contribution in [0.4, 0.5) is 14.9 Å². The molecule has 0 fully saturated rings. The van der Waals surface area contributed by atoms with Crippen LogP contribution in [0.3, 0.4) is 0 Å². The number of aromatic hydroxyl groups is 1. The summed E-state index contributed by atoms with van der Waals surface area (Å²) in [7, 11) is 1.12. The van der Waals surface area contributed by atoms with E-state index in [-0.39, 0.29) is 30.7 Å². The topological polar surface area (TPSA) is 148 Å². The fourth-order valence-corrected chi connectivity index (χ4v) is 4.27. The van der Waals surface area contributed by atoms with Crippen molar-refractivity contribution in [1.29, 1.82) is 0 Å². The lowest BCUT2D eigenvalue weighted by atomic mass is 10.0. The van der Waals surface area contributed by atoms with Crippen molar-refractivity contribution in [3.63, 3.8) is 0 Å². The van der Waals surface area contributed by atoms with Crippen molar-refractivity contribution in [2.75, 3.05) is 7.11 Å². The molecule has 3 rings (SSSR count). The highest BCUT2D eigenvalue weighted by atomic mass is 19.1. The summed E-state index contributed by atoms with van der Waals surface area (Å²) >= 11 is 0. The molecular weight excluding hydrogens is 561 g/mol. The molecule has 2 atom stereocenters. The summed E-state index contributed by atoms with van der Waals surface area (Å²) in [6.45, 7) is 5.06. The Labute approximate surface area is 248 Å². The van der Waals surface area contributed by atoms with Gasteiger partial charge in [0.15, 0.2) is 0 Å². The minimum absolute atomic E-state index is 0.0115. The number of nitrogens with zero attached hydrogens (tertiary/aromatic N) is 2. The average Bonchev–Trinajstić information content (AvgIpc) is 2.94. The lowest BCUT2D eigenvalue weighted by molar-refractivity contribution is -0.387. The highest BCUT2D eigenvalue weighted by Crippen LogP contribution is 2.22. The van der Waals surface area contributed by atoms with Crippen LogP contribution in [0, 0.1) is 15.9 Å². The molecule has 0 aliphatic carbocycles. The summed E-state index contributed by atoms with van der Waals surface area (Å²) in [4.78, 5) is 51.6. The number of hydrogen-bond acceptors (Lipinski definition) is 8. The van der Waals surface area contributed by atoms with Crippen LogP contribution in [-0.4, -0.2) is 57.7 Å². The summed E-state index contributed by atoms with van der Waals surface area (Å²) in [5.74, 6) is -2.66. The predicted octanol–water partition coefficient (Wildman–Crippen LogP) is 4.69. The monoisotopic (exact) mass is 595 g/mol. The molecule has 0 aliphatic rings. The van der Waals surface area contributed by atoms with E-state index in [9.17, 15) is 34.0 Å². The second-order valence-electron chi connectivity index (χ2n) is 10.8. The minimum atomic E-state index is -1.32. The van der Waals surface area contributed by atoms with Crippen molar-refractivity contribution in [3.8, 4) is 5.75 Å². The molecule has 0 heterocycles. The van der Waals surface area contributed by atoms with Crippen molar-refractivity contribution in [2.45, 2.75) is 57.8 Å². The lowest BCUT2D eigenvalue weighted by Gasteiger charge is -2.34. The van der Waals surface area contributed by atoms with Crippen LogP contribution in [0.1, 0.15) is 37.5 Å². The van der Waals surface area contributed by atoms with Gasteiger partial charge in [-0.05, 0) is 55.7 Å². The maximum Gasteiger partial charge on any atom is 0.411 e. The molecule has 43 heavy (non-hydrogen) atoms. The van der Waals surface area contributed by atoms with Crippen LogP contribution in [0.2, 0.25) is 0 Å². The fourth-order valence-electron chi connectivity index (χ4n) is 4.27. The van der Waals surface area contributed by atoms with E-state index < -0.39 is 52.1 Å². The second kappa shape index (κ2) is 14.3. The number of nitrogens with one attached hydrogen (secondary N) is 1. The summed E-state index contributed by atoms with van der Waals surface area (Å²) in [6, 6.07) is 15.7. The van der Waals surface area contributed by atoms with Gasteiger partial charge in [0.25, 0.3) is 0 Å². The molecule has 0 saturated carbocycles. The Morgan fingerprint density at radius 3 is 2.16 bits per heavy atom. The van der Waals surface area contributed by atoms with Crippen molar-refractivity contribution in [3.05, 3.63) is 105 Å². The number of ether oxygens (including phenoxy) is 2. The molecule has 11 nitrogen and oxygen atoms in total. The first-order valence-electron chi connectivity index (χ1n) is 13.4. The second-order valence-corrected chi connectivity index (χ2v) is 10.8. The predicted molar refractivity (Wildman–Crippen MR) is 155 cm³/mol. The molecule has 12 heteroatoms. The molecule has 0 spiro atoms. The van der Waals surface area contributed by atoms with E-state index in [1.54, 1.807) is 57.2 Å². The number of amides is 2. The van der Waals surface area contributed by atoms with Gasteiger partial charge in [-0.1, -0.05) is 48.5 Å². The Morgan fingerprint density at radius 1 is 0.977 bits per heavy atom. The Morgan fingerprint density at radius 2 is 1.60 bits per heavy atom. The average molecular weight is 596 g/mol. The van der Waals surface area contributed by atoms with Crippen molar-refractivity contribution >= 4 is 23.7 Å². The van der Waals surface area contributed by atoms with Gasteiger partial charge >= 0.3 is 17.7 Å². The zero-order valence-corrected chi connectivity index (χ0v) is 24.3. The van der Waals surface area contributed by atoms with E-state index >= 15 is 0 Å². The normalized spacial score (nSPS) is 12.5. The number of rotatable bonds is 11. The standard InChI is InChI=1S/C31H34FN3O8/c1-31(2,3)43-30(39)34(19-21-8-6-5-7-9-21)27(18-20-10-13-23(36)14-11-20)28(37)33-25(29(38)42-4)17-22-12-15-26(35(40)41)24(32)16-22/h5-16,25,27,36H,17-19H2,1-4H3,(H,33,37)/t25-,27-/m0/s1. The number of hydrogen-bond donors (Lipinski definition) is 2. The van der Waals surface area contributed by atoms with E-state index in [1.165, 1.54) is 23.1 Å². The molecule has 0 unspecified atom stereocenters. The highest BCUT2D eigenvalue weighted by molar-refractivity contribution is 5.90. The number of benzene rings is 3. The lowest BCUT2D eigenvalue weighted by Crippen LogP contribution is -2.55. The van der Waals surface area contributed by atoms with Gasteiger partial charge in [-0.2, -0.15) is 4.39 Å². The Bertz CT molecular complexity index is 1440. The van der Waals surface area contributed by atoms with Gasteiger partial charge in [-0.15, -0.1) is 0 Å². The summed E-state index contributed by atoms with van der Waals surface area (Å²) < 4.78 is 24.8. The van der Waals surface area contributed by atoms with Gasteiger partial charge in [0.1, 0.15) is 23.4 Å². The van der Waals surface area contributed by atoms with Crippen molar-refractivity contribution in [2.24, 2.45) is 0 Å². The molecule has 2 amide bonds. The molecule has 3 aromatic carbocycles. The zero-order chi connectivity index (χ0) is 31.7. The Balaban J connectivity index is 2.00. The van der Waals surface area contributed by atoms with Gasteiger partial charge in [0.05, 0.1) is 12.0 Å². The number of phenolic OH excluding ortho intramolecular Hbond substituents is 1. The number of esters is 1. The Hall–Kier alpha value is -5.00. The van der Waals surface area contributed by atoms with Crippen molar-refractivity contribution < 1.29 is 38.3 Å². The van der Waals surface area contributed by atoms with Crippen LogP contribution in [0.5, 0.6) is 5.75 Å². The van der Waals surface area contributed by atoms with Crippen LogP contribution in [0.25, 0.3) is 0 Å². The smallest absolute Gasteiger partial charge is 0.411 e. The first-order valence-corrected chi connectivity index (χ1v) is 13.4. The van der Waals surface area contributed by atoms with Gasteiger partial charge in [-0.25, -0.2) is 9.59 Å². The van der Waals surface area contributed by atoms with E-state index in [0.29, 0.717) is 11.1 Å². The molecule has 228 valence electrons. The number of methoxy groups -OCH3 is 1.